The van der Waals surface area contributed by atoms with Crippen molar-refractivity contribution < 1.29 is 36.6 Å². The second-order valence-corrected chi connectivity index (χ2v) is 9.27. The van der Waals surface area contributed by atoms with E-state index in [4.69, 9.17) is 23.4 Å². The van der Waals surface area contributed by atoms with Crippen LogP contribution in [0.15, 0.2) is 70.2 Å². The van der Waals surface area contributed by atoms with Crippen molar-refractivity contribution in [3.63, 3.8) is 0 Å². The standard InChI is InChI=1S/C24H27NO8S/c1-4-29-22-16-18(10-12-21(22)31-15-14-30-19-8-6-5-7-9-19)24(26)32-17-20-11-13-23(33-20)34(27,28)25(2)3/h5-13,16H,4,14-15,17H2,1-3H3. The lowest BCUT2D eigenvalue weighted by atomic mass is 10.2. The SMILES string of the molecule is CCOc1cc(C(=O)OCc2ccc(S(=O)(=O)N(C)C)o2)ccc1OCCOc1ccccc1. The fraction of sp³-hybridized carbons (Fsp3) is 0.292. The molecule has 0 aliphatic heterocycles. The summed E-state index contributed by atoms with van der Waals surface area (Å²) in [5.41, 5.74) is 0.254. The number of esters is 1. The summed E-state index contributed by atoms with van der Waals surface area (Å²) in [6.45, 7) is 2.61. The summed E-state index contributed by atoms with van der Waals surface area (Å²) < 4.78 is 52.8. The second-order valence-electron chi connectivity index (χ2n) is 7.19. The van der Waals surface area contributed by atoms with Crippen LogP contribution in [0.3, 0.4) is 0 Å². The Morgan fingerprint density at radius 2 is 1.65 bits per heavy atom. The highest BCUT2D eigenvalue weighted by molar-refractivity contribution is 7.88. The Morgan fingerprint density at radius 1 is 0.912 bits per heavy atom. The van der Waals surface area contributed by atoms with Crippen LogP contribution in [0.4, 0.5) is 0 Å². The number of rotatable bonds is 12. The fourth-order valence-electron chi connectivity index (χ4n) is 2.82. The summed E-state index contributed by atoms with van der Waals surface area (Å²) in [5.74, 6) is 1.20. The van der Waals surface area contributed by atoms with E-state index < -0.39 is 16.0 Å². The van der Waals surface area contributed by atoms with Crippen LogP contribution < -0.4 is 14.2 Å². The highest BCUT2D eigenvalue weighted by Crippen LogP contribution is 2.29. The van der Waals surface area contributed by atoms with Crippen molar-refractivity contribution in [3.05, 3.63) is 72.0 Å². The van der Waals surface area contributed by atoms with Gasteiger partial charge in [-0.05, 0) is 49.4 Å². The van der Waals surface area contributed by atoms with Gasteiger partial charge in [0.05, 0.1) is 12.2 Å². The zero-order chi connectivity index (χ0) is 24.6. The Morgan fingerprint density at radius 3 is 2.35 bits per heavy atom. The van der Waals surface area contributed by atoms with Crippen molar-refractivity contribution >= 4 is 16.0 Å². The molecule has 0 bridgehead atoms. The zero-order valence-corrected chi connectivity index (χ0v) is 20.0. The Hall–Kier alpha value is -3.50. The van der Waals surface area contributed by atoms with Gasteiger partial charge in [-0.1, -0.05) is 18.2 Å². The molecule has 0 aliphatic carbocycles. The molecule has 0 amide bonds. The third-order valence-corrected chi connectivity index (χ3v) is 6.24. The van der Waals surface area contributed by atoms with Crippen LogP contribution in [-0.2, 0) is 21.4 Å². The van der Waals surface area contributed by atoms with Crippen LogP contribution in [-0.4, -0.2) is 52.6 Å². The summed E-state index contributed by atoms with van der Waals surface area (Å²) >= 11 is 0. The average molecular weight is 490 g/mol. The molecule has 9 nitrogen and oxygen atoms in total. The molecule has 0 radical (unpaired) electrons. The maximum absolute atomic E-state index is 12.5. The molecule has 0 unspecified atom stereocenters. The average Bonchev–Trinajstić information content (AvgIpc) is 3.32. The molecule has 1 heterocycles. The van der Waals surface area contributed by atoms with Crippen molar-refractivity contribution in [3.8, 4) is 17.2 Å². The maximum atomic E-state index is 12.5. The van der Waals surface area contributed by atoms with Crippen molar-refractivity contribution in [2.75, 3.05) is 33.9 Å². The number of furan rings is 1. The van der Waals surface area contributed by atoms with E-state index in [0.29, 0.717) is 24.7 Å². The molecule has 2 aromatic carbocycles. The predicted octanol–water partition coefficient (Wildman–Crippen LogP) is 3.74. The van der Waals surface area contributed by atoms with E-state index in [2.05, 4.69) is 0 Å². The van der Waals surface area contributed by atoms with Crippen molar-refractivity contribution in [1.82, 2.24) is 4.31 Å². The maximum Gasteiger partial charge on any atom is 0.338 e. The van der Waals surface area contributed by atoms with E-state index in [-0.39, 0.29) is 29.6 Å². The summed E-state index contributed by atoms with van der Waals surface area (Å²) in [5, 5.41) is -0.222. The molecule has 0 fully saturated rings. The first-order valence-electron chi connectivity index (χ1n) is 10.6. The smallest absolute Gasteiger partial charge is 0.338 e. The first-order chi connectivity index (χ1) is 16.3. The van der Waals surface area contributed by atoms with Gasteiger partial charge in [0.15, 0.2) is 11.5 Å². The minimum atomic E-state index is -3.70. The van der Waals surface area contributed by atoms with Gasteiger partial charge in [-0.25, -0.2) is 17.5 Å². The molecule has 10 heteroatoms. The van der Waals surface area contributed by atoms with Gasteiger partial charge in [-0.2, -0.15) is 0 Å². The summed E-state index contributed by atoms with van der Waals surface area (Å²) in [7, 11) is -0.902. The third kappa shape index (κ3) is 6.52. The highest BCUT2D eigenvalue weighted by Gasteiger charge is 2.22. The van der Waals surface area contributed by atoms with Gasteiger partial charge in [0, 0.05) is 14.1 Å². The van der Waals surface area contributed by atoms with Crippen LogP contribution in [0, 0.1) is 0 Å². The molecule has 182 valence electrons. The van der Waals surface area contributed by atoms with Gasteiger partial charge < -0.3 is 23.4 Å². The normalized spacial score (nSPS) is 11.3. The monoisotopic (exact) mass is 489 g/mol. The van der Waals surface area contributed by atoms with Gasteiger partial charge in [0.2, 0.25) is 5.09 Å². The topological polar surface area (TPSA) is 105 Å². The van der Waals surface area contributed by atoms with Crippen LogP contribution in [0.25, 0.3) is 0 Å². The molecule has 0 N–H and O–H groups in total. The van der Waals surface area contributed by atoms with Crippen molar-refractivity contribution in [2.24, 2.45) is 0 Å². The lowest BCUT2D eigenvalue weighted by Gasteiger charge is -2.13. The molecular weight excluding hydrogens is 462 g/mol. The van der Waals surface area contributed by atoms with Gasteiger partial charge in [-0.15, -0.1) is 0 Å². The van der Waals surface area contributed by atoms with Crippen LogP contribution >= 0.6 is 0 Å². The number of ether oxygens (including phenoxy) is 4. The summed E-state index contributed by atoms with van der Waals surface area (Å²) in [6, 6.07) is 16.9. The van der Waals surface area contributed by atoms with Crippen molar-refractivity contribution in [2.45, 2.75) is 18.6 Å². The zero-order valence-electron chi connectivity index (χ0n) is 19.2. The third-order valence-electron chi connectivity index (χ3n) is 4.55. The van der Waals surface area contributed by atoms with Crippen LogP contribution in [0.2, 0.25) is 0 Å². The van der Waals surface area contributed by atoms with Crippen molar-refractivity contribution in [1.29, 1.82) is 0 Å². The molecule has 0 saturated carbocycles. The second kappa shape index (κ2) is 11.6. The van der Waals surface area contributed by atoms with E-state index in [1.54, 1.807) is 12.1 Å². The molecule has 0 saturated heterocycles. The molecule has 3 rings (SSSR count). The Labute approximate surface area is 198 Å². The number of para-hydroxylation sites is 1. The quantitative estimate of drug-likeness (QED) is 0.280. The lowest BCUT2D eigenvalue weighted by molar-refractivity contribution is 0.0440. The highest BCUT2D eigenvalue weighted by atomic mass is 32.2. The van der Waals surface area contributed by atoms with E-state index in [0.717, 1.165) is 10.1 Å². The molecule has 34 heavy (non-hydrogen) atoms. The first kappa shape index (κ1) is 25.1. The van der Waals surface area contributed by atoms with E-state index in [1.165, 1.54) is 32.3 Å². The fourth-order valence-corrected chi connectivity index (χ4v) is 3.64. The minimum absolute atomic E-state index is 0.206. The first-order valence-corrected chi connectivity index (χ1v) is 12.0. The van der Waals surface area contributed by atoms with E-state index in [9.17, 15) is 13.2 Å². The minimum Gasteiger partial charge on any atom is -0.490 e. The lowest BCUT2D eigenvalue weighted by Crippen LogP contribution is -2.21. The van der Waals surface area contributed by atoms with Gasteiger partial charge in [0.25, 0.3) is 10.0 Å². The van der Waals surface area contributed by atoms with E-state index in [1.807, 2.05) is 37.3 Å². The number of carbonyl (C=O) groups is 1. The Balaban J connectivity index is 1.58. The summed E-state index contributed by atoms with van der Waals surface area (Å²) in [4.78, 5) is 12.5. The van der Waals surface area contributed by atoms with Crippen LogP contribution in [0.1, 0.15) is 23.0 Å². The molecule has 0 atom stereocenters. The Kier molecular flexibility index (Phi) is 8.55. The Bertz CT molecular complexity index is 1190. The molecule has 0 aliphatic rings. The molecule has 3 aromatic rings. The number of hydrogen-bond acceptors (Lipinski definition) is 8. The number of sulfonamides is 1. The number of benzene rings is 2. The number of carbonyl (C=O) groups excluding carboxylic acids is 1. The van der Waals surface area contributed by atoms with Gasteiger partial charge >= 0.3 is 5.97 Å². The van der Waals surface area contributed by atoms with E-state index >= 15 is 0 Å². The van der Waals surface area contributed by atoms with Gasteiger partial charge in [0.1, 0.15) is 31.3 Å². The molecular formula is C24H27NO8S. The largest absolute Gasteiger partial charge is 0.490 e. The summed E-state index contributed by atoms with van der Waals surface area (Å²) in [6.07, 6.45) is 0. The predicted molar refractivity (Wildman–Crippen MR) is 124 cm³/mol. The van der Waals surface area contributed by atoms with Crippen LogP contribution in [0.5, 0.6) is 17.2 Å². The number of hydrogen-bond donors (Lipinski definition) is 0. The number of nitrogens with zero attached hydrogens (tertiary/aromatic N) is 1. The van der Waals surface area contributed by atoms with Gasteiger partial charge in [-0.3, -0.25) is 0 Å². The molecule has 1 aromatic heterocycles. The molecule has 0 spiro atoms.